The summed E-state index contributed by atoms with van der Waals surface area (Å²) in [7, 11) is 0. The van der Waals surface area contributed by atoms with E-state index in [-0.39, 0.29) is 30.5 Å². The fourth-order valence-corrected chi connectivity index (χ4v) is 5.33. The molecule has 4 aromatic rings. The summed E-state index contributed by atoms with van der Waals surface area (Å²) in [4.78, 5) is 1.47. The van der Waals surface area contributed by atoms with Crippen LogP contribution in [0.5, 0.6) is 0 Å². The second kappa shape index (κ2) is 11.3. The van der Waals surface area contributed by atoms with Gasteiger partial charge in [0.05, 0.1) is 22.8 Å². The lowest BCUT2D eigenvalue weighted by Gasteiger charge is -2.26. The molecule has 0 radical (unpaired) electrons. The number of hydrogen-bond donors (Lipinski definition) is 0. The van der Waals surface area contributed by atoms with E-state index < -0.39 is 47.4 Å². The van der Waals surface area contributed by atoms with Gasteiger partial charge in [0.25, 0.3) is 0 Å². The summed E-state index contributed by atoms with van der Waals surface area (Å²) in [5, 5.41) is 0. The number of halogens is 9. The van der Waals surface area contributed by atoms with Gasteiger partial charge in [-0.25, -0.2) is 0 Å². The van der Waals surface area contributed by atoms with Crippen molar-refractivity contribution in [3.8, 4) is 22.3 Å². The van der Waals surface area contributed by atoms with Gasteiger partial charge in [0.2, 0.25) is 0 Å². The molecule has 2 atom stereocenters. The van der Waals surface area contributed by atoms with E-state index >= 15 is 0 Å². The first-order valence-corrected chi connectivity index (χ1v) is 13.1. The first-order chi connectivity index (χ1) is 20.1. The van der Waals surface area contributed by atoms with E-state index in [2.05, 4.69) is 0 Å². The molecule has 0 aromatic heterocycles. The molecular weight excluding hydrogens is 585 g/mol. The third-order valence-electron chi connectivity index (χ3n) is 7.50. The van der Waals surface area contributed by atoms with Crippen molar-refractivity contribution in [3.05, 3.63) is 119 Å². The Bertz CT molecular complexity index is 1560. The standard InChI is InChI=1S/C32H24F9NO/c1-19-29(23-14-24(30(33,34)35)16-25(15-23)31(36,37)38)43-18-42(19)17-27-26(11-6-12-28(27)32(39,40)41)22-10-5-9-21(13-22)20-7-3-2-4-8-20/h2-16,19,29H,17-18H2,1H3/t19-,29-/m0/s1. The first-order valence-electron chi connectivity index (χ1n) is 13.1. The molecule has 11 heteroatoms. The van der Waals surface area contributed by atoms with Crippen molar-refractivity contribution in [2.24, 2.45) is 0 Å². The molecule has 1 aliphatic rings. The van der Waals surface area contributed by atoms with E-state index in [9.17, 15) is 39.5 Å². The quantitative estimate of drug-likeness (QED) is 0.209. The molecule has 0 bridgehead atoms. The maximum atomic E-state index is 14.3. The maximum absolute atomic E-state index is 14.3. The second-order valence-electron chi connectivity index (χ2n) is 10.3. The van der Waals surface area contributed by atoms with Crippen molar-refractivity contribution in [1.29, 1.82) is 0 Å². The Morgan fingerprint density at radius 1 is 0.651 bits per heavy atom. The van der Waals surface area contributed by atoms with Gasteiger partial charge in [-0.05, 0) is 70.6 Å². The Kier molecular flexibility index (Phi) is 8.08. The fourth-order valence-electron chi connectivity index (χ4n) is 5.33. The zero-order valence-electron chi connectivity index (χ0n) is 22.5. The minimum Gasteiger partial charge on any atom is -0.357 e. The third-order valence-corrected chi connectivity index (χ3v) is 7.50. The Morgan fingerprint density at radius 2 is 1.23 bits per heavy atom. The monoisotopic (exact) mass is 609 g/mol. The van der Waals surface area contributed by atoms with E-state index in [1.54, 1.807) is 24.3 Å². The number of nitrogens with zero attached hydrogens (tertiary/aromatic N) is 1. The summed E-state index contributed by atoms with van der Waals surface area (Å²) in [5.74, 6) is 0. The van der Waals surface area contributed by atoms with Gasteiger partial charge in [0.1, 0.15) is 6.73 Å². The number of benzene rings is 4. The molecule has 0 spiro atoms. The summed E-state index contributed by atoms with van der Waals surface area (Å²) in [6.45, 7) is 0.875. The lowest BCUT2D eigenvalue weighted by atomic mass is 9.92. The van der Waals surface area contributed by atoms with Crippen molar-refractivity contribution >= 4 is 0 Å². The molecule has 0 aliphatic carbocycles. The van der Waals surface area contributed by atoms with Crippen LogP contribution in [0.3, 0.4) is 0 Å². The van der Waals surface area contributed by atoms with Crippen LogP contribution in [-0.4, -0.2) is 17.7 Å². The van der Waals surface area contributed by atoms with Crippen molar-refractivity contribution < 1.29 is 44.3 Å². The summed E-state index contributed by atoms with van der Waals surface area (Å²) in [6, 6.07) is 20.4. The first kappa shape index (κ1) is 30.6. The molecule has 1 heterocycles. The largest absolute Gasteiger partial charge is 0.416 e. The smallest absolute Gasteiger partial charge is 0.357 e. The Labute approximate surface area is 241 Å². The zero-order chi connectivity index (χ0) is 31.2. The average molecular weight is 610 g/mol. The number of ether oxygens (including phenoxy) is 1. The van der Waals surface area contributed by atoms with Crippen LogP contribution in [0.4, 0.5) is 39.5 Å². The average Bonchev–Trinajstić information content (AvgIpc) is 3.31. The van der Waals surface area contributed by atoms with Gasteiger partial charge in [0, 0.05) is 12.6 Å². The van der Waals surface area contributed by atoms with Crippen molar-refractivity contribution in [2.75, 3.05) is 6.73 Å². The van der Waals surface area contributed by atoms with Crippen LogP contribution in [0.15, 0.2) is 91.0 Å². The van der Waals surface area contributed by atoms with Crippen LogP contribution in [0, 0.1) is 0 Å². The molecule has 1 aliphatic heterocycles. The highest BCUT2D eigenvalue weighted by Crippen LogP contribution is 2.43. The van der Waals surface area contributed by atoms with Crippen LogP contribution in [-0.2, 0) is 29.8 Å². The zero-order valence-corrected chi connectivity index (χ0v) is 22.5. The molecule has 1 fully saturated rings. The van der Waals surface area contributed by atoms with Gasteiger partial charge in [-0.15, -0.1) is 0 Å². The third kappa shape index (κ3) is 6.57. The molecular formula is C32H24F9NO. The molecule has 1 saturated heterocycles. The summed E-state index contributed by atoms with van der Waals surface area (Å²) < 4.78 is 129. The van der Waals surface area contributed by atoms with Gasteiger partial charge in [-0.1, -0.05) is 60.7 Å². The van der Waals surface area contributed by atoms with Crippen LogP contribution in [0.2, 0.25) is 0 Å². The Balaban J connectivity index is 1.52. The van der Waals surface area contributed by atoms with Gasteiger partial charge >= 0.3 is 18.5 Å². The van der Waals surface area contributed by atoms with Crippen LogP contribution >= 0.6 is 0 Å². The Hall–Kier alpha value is -3.83. The number of hydrogen-bond acceptors (Lipinski definition) is 2. The van der Waals surface area contributed by atoms with Gasteiger partial charge in [-0.3, -0.25) is 4.90 Å². The summed E-state index contributed by atoms with van der Waals surface area (Å²) >= 11 is 0. The minimum absolute atomic E-state index is 0.0241. The topological polar surface area (TPSA) is 12.5 Å². The molecule has 0 N–H and O–H groups in total. The Morgan fingerprint density at radius 3 is 1.84 bits per heavy atom. The molecule has 0 unspecified atom stereocenters. The van der Waals surface area contributed by atoms with Crippen LogP contribution < -0.4 is 0 Å². The molecule has 2 nitrogen and oxygen atoms in total. The minimum atomic E-state index is -5.05. The predicted octanol–water partition coefficient (Wildman–Crippen LogP) is 10.00. The van der Waals surface area contributed by atoms with Crippen molar-refractivity contribution in [3.63, 3.8) is 0 Å². The van der Waals surface area contributed by atoms with E-state index in [0.29, 0.717) is 23.3 Å². The van der Waals surface area contributed by atoms with Crippen LogP contribution in [0.1, 0.15) is 40.8 Å². The van der Waals surface area contributed by atoms with Crippen molar-refractivity contribution in [2.45, 2.75) is 44.1 Å². The molecule has 0 amide bonds. The molecule has 43 heavy (non-hydrogen) atoms. The van der Waals surface area contributed by atoms with E-state index in [4.69, 9.17) is 4.74 Å². The second-order valence-corrected chi connectivity index (χ2v) is 10.3. The lowest BCUT2D eigenvalue weighted by molar-refractivity contribution is -0.143. The molecule has 0 saturated carbocycles. The van der Waals surface area contributed by atoms with Gasteiger partial charge < -0.3 is 4.74 Å². The highest BCUT2D eigenvalue weighted by atomic mass is 19.4. The van der Waals surface area contributed by atoms with Gasteiger partial charge in [0.15, 0.2) is 0 Å². The van der Waals surface area contributed by atoms with Gasteiger partial charge in [-0.2, -0.15) is 39.5 Å². The molecule has 5 rings (SSSR count). The lowest BCUT2D eigenvalue weighted by Crippen LogP contribution is -2.30. The highest BCUT2D eigenvalue weighted by molar-refractivity contribution is 5.75. The fraction of sp³-hybridized carbons (Fsp3) is 0.250. The summed E-state index contributed by atoms with van der Waals surface area (Å²) in [6.07, 6.45) is -16.1. The molecule has 4 aromatic carbocycles. The van der Waals surface area contributed by atoms with E-state index in [0.717, 1.165) is 17.2 Å². The number of rotatable bonds is 5. The SMILES string of the molecule is C[C@H]1[C@@H](c2cc(C(F)(F)F)cc(C(F)(F)F)c2)OCN1Cc1c(-c2cccc(-c3ccccc3)c2)cccc1C(F)(F)F. The normalized spacial score (nSPS) is 18.3. The van der Waals surface area contributed by atoms with Crippen molar-refractivity contribution in [1.82, 2.24) is 4.90 Å². The van der Waals surface area contributed by atoms with E-state index in [1.165, 1.54) is 17.9 Å². The van der Waals surface area contributed by atoms with E-state index in [1.807, 2.05) is 36.4 Å². The number of alkyl halides is 9. The highest BCUT2D eigenvalue weighted by Gasteiger charge is 2.41. The predicted molar refractivity (Wildman–Crippen MR) is 142 cm³/mol. The van der Waals surface area contributed by atoms with Crippen LogP contribution in [0.25, 0.3) is 22.3 Å². The maximum Gasteiger partial charge on any atom is 0.416 e. The molecule has 226 valence electrons. The summed E-state index contributed by atoms with van der Waals surface area (Å²) in [5.41, 5.74) is -1.88.